The minimum Gasteiger partial charge on any atom is -0.115 e. The monoisotopic (exact) mass is 129 g/mol. The summed E-state index contributed by atoms with van der Waals surface area (Å²) in [4.78, 5) is 0. The summed E-state index contributed by atoms with van der Waals surface area (Å²) in [7, 11) is 0. The highest BCUT2D eigenvalue weighted by atomic mass is 14.0. The quantitative estimate of drug-likeness (QED) is 0.470. The highest BCUT2D eigenvalue weighted by Gasteiger charge is 1.91. The fourth-order valence-corrected chi connectivity index (χ4v) is 0.755. The number of aryl methyl sites for hydroxylation is 2. The first kappa shape index (κ1) is 6.89. The molecular formula is C10H9. The molecule has 0 amide bonds. The molecule has 1 radical (unpaired) electrons. The summed E-state index contributed by atoms with van der Waals surface area (Å²) in [6.45, 7) is 4.09. The SMILES string of the molecule is C#Cc1[c]cc(C)c(C)c1. The molecule has 0 aliphatic carbocycles. The van der Waals surface area contributed by atoms with E-state index in [2.05, 4.69) is 12.0 Å². The minimum absolute atomic E-state index is 0.836. The van der Waals surface area contributed by atoms with E-state index < -0.39 is 0 Å². The van der Waals surface area contributed by atoms with E-state index in [1.54, 1.807) is 0 Å². The third-order valence-electron chi connectivity index (χ3n) is 1.58. The maximum absolute atomic E-state index is 5.19. The van der Waals surface area contributed by atoms with Crippen LogP contribution in [0, 0.1) is 32.3 Å². The van der Waals surface area contributed by atoms with Gasteiger partial charge in [0.15, 0.2) is 0 Å². The van der Waals surface area contributed by atoms with Gasteiger partial charge in [-0.05, 0) is 43.2 Å². The highest BCUT2D eigenvalue weighted by Crippen LogP contribution is 2.07. The van der Waals surface area contributed by atoms with Crippen molar-refractivity contribution in [3.05, 3.63) is 34.9 Å². The lowest BCUT2D eigenvalue weighted by molar-refractivity contribution is 1.33. The Morgan fingerprint density at radius 3 is 2.60 bits per heavy atom. The first-order valence-electron chi connectivity index (χ1n) is 3.19. The predicted molar refractivity (Wildman–Crippen MR) is 42.7 cm³/mol. The molecule has 0 fully saturated rings. The maximum Gasteiger partial charge on any atom is 0.0324 e. The Morgan fingerprint density at radius 2 is 2.10 bits per heavy atom. The first-order valence-corrected chi connectivity index (χ1v) is 3.19. The van der Waals surface area contributed by atoms with E-state index in [1.807, 2.05) is 26.0 Å². The Labute approximate surface area is 61.9 Å². The van der Waals surface area contributed by atoms with Crippen molar-refractivity contribution < 1.29 is 0 Å². The van der Waals surface area contributed by atoms with Crippen LogP contribution in [0.1, 0.15) is 16.7 Å². The van der Waals surface area contributed by atoms with E-state index >= 15 is 0 Å². The van der Waals surface area contributed by atoms with Crippen molar-refractivity contribution in [1.82, 2.24) is 0 Å². The van der Waals surface area contributed by atoms with Crippen LogP contribution in [-0.2, 0) is 0 Å². The second-order valence-corrected chi connectivity index (χ2v) is 2.36. The van der Waals surface area contributed by atoms with Crippen LogP contribution in [0.15, 0.2) is 12.1 Å². The average molecular weight is 129 g/mol. The van der Waals surface area contributed by atoms with Gasteiger partial charge in [0, 0.05) is 5.56 Å². The van der Waals surface area contributed by atoms with Gasteiger partial charge in [-0.3, -0.25) is 0 Å². The molecule has 1 aromatic rings. The van der Waals surface area contributed by atoms with Crippen LogP contribution in [0.4, 0.5) is 0 Å². The molecule has 0 atom stereocenters. The summed E-state index contributed by atoms with van der Waals surface area (Å²) in [5, 5.41) is 0. The molecule has 0 heterocycles. The molecule has 1 aromatic carbocycles. The normalized spacial score (nSPS) is 8.90. The van der Waals surface area contributed by atoms with Crippen LogP contribution in [0.5, 0.6) is 0 Å². The lowest BCUT2D eigenvalue weighted by atomic mass is 10.1. The van der Waals surface area contributed by atoms with Crippen molar-refractivity contribution in [3.8, 4) is 12.3 Å². The second kappa shape index (κ2) is 2.58. The molecule has 0 aliphatic heterocycles. The maximum atomic E-state index is 5.19. The number of rotatable bonds is 0. The summed E-state index contributed by atoms with van der Waals surface area (Å²) in [6.07, 6.45) is 5.19. The zero-order valence-corrected chi connectivity index (χ0v) is 6.23. The third kappa shape index (κ3) is 1.19. The van der Waals surface area contributed by atoms with Crippen LogP contribution in [0.3, 0.4) is 0 Å². The van der Waals surface area contributed by atoms with Gasteiger partial charge in [0.25, 0.3) is 0 Å². The molecule has 0 bridgehead atoms. The number of benzene rings is 1. The van der Waals surface area contributed by atoms with E-state index in [1.165, 1.54) is 11.1 Å². The fraction of sp³-hybridized carbons (Fsp3) is 0.200. The van der Waals surface area contributed by atoms with Gasteiger partial charge in [-0.15, -0.1) is 6.42 Å². The van der Waals surface area contributed by atoms with Crippen LogP contribution >= 0.6 is 0 Å². The molecule has 0 aliphatic rings. The molecular weight excluding hydrogens is 120 g/mol. The summed E-state index contributed by atoms with van der Waals surface area (Å²) in [5.41, 5.74) is 3.30. The zero-order chi connectivity index (χ0) is 7.56. The molecule has 0 nitrogen and oxygen atoms in total. The van der Waals surface area contributed by atoms with E-state index in [-0.39, 0.29) is 0 Å². The third-order valence-corrected chi connectivity index (χ3v) is 1.58. The Hall–Kier alpha value is -1.22. The average Bonchev–Trinajstić information content (AvgIpc) is 1.95. The van der Waals surface area contributed by atoms with Gasteiger partial charge in [-0.1, -0.05) is 5.92 Å². The number of terminal acetylenes is 1. The lowest BCUT2D eigenvalue weighted by Crippen LogP contribution is -1.81. The largest absolute Gasteiger partial charge is 0.115 e. The standard InChI is InChI=1S/C10H9/c1-4-10-6-5-8(2)9(3)7-10/h1,5,7H,2-3H3. The van der Waals surface area contributed by atoms with Crippen LogP contribution in [-0.4, -0.2) is 0 Å². The van der Waals surface area contributed by atoms with Crippen molar-refractivity contribution in [2.24, 2.45) is 0 Å². The topological polar surface area (TPSA) is 0 Å². The van der Waals surface area contributed by atoms with Gasteiger partial charge in [0.05, 0.1) is 0 Å². The summed E-state index contributed by atoms with van der Waals surface area (Å²) in [6, 6.07) is 6.88. The highest BCUT2D eigenvalue weighted by molar-refractivity contribution is 5.37. The number of hydrogen-bond acceptors (Lipinski definition) is 0. The van der Waals surface area contributed by atoms with E-state index in [9.17, 15) is 0 Å². The summed E-state index contributed by atoms with van der Waals surface area (Å²) < 4.78 is 0. The second-order valence-electron chi connectivity index (χ2n) is 2.36. The fourth-order valence-electron chi connectivity index (χ4n) is 0.755. The van der Waals surface area contributed by atoms with E-state index in [0.717, 1.165) is 5.56 Å². The molecule has 0 heteroatoms. The van der Waals surface area contributed by atoms with Crippen molar-refractivity contribution in [1.29, 1.82) is 0 Å². The molecule has 10 heavy (non-hydrogen) atoms. The van der Waals surface area contributed by atoms with Gasteiger partial charge < -0.3 is 0 Å². The molecule has 0 saturated carbocycles. The summed E-state index contributed by atoms with van der Waals surface area (Å²) >= 11 is 0. The molecule has 0 N–H and O–H groups in total. The van der Waals surface area contributed by atoms with Gasteiger partial charge in [0.2, 0.25) is 0 Å². The molecule has 49 valence electrons. The van der Waals surface area contributed by atoms with Crippen molar-refractivity contribution in [3.63, 3.8) is 0 Å². The Kier molecular flexibility index (Phi) is 1.78. The van der Waals surface area contributed by atoms with E-state index in [0.29, 0.717) is 0 Å². The zero-order valence-electron chi connectivity index (χ0n) is 6.23. The van der Waals surface area contributed by atoms with Crippen molar-refractivity contribution in [2.45, 2.75) is 13.8 Å². The van der Waals surface area contributed by atoms with Crippen LogP contribution in [0.2, 0.25) is 0 Å². The smallest absolute Gasteiger partial charge is 0.0324 e. The van der Waals surface area contributed by atoms with Gasteiger partial charge in [-0.25, -0.2) is 0 Å². The van der Waals surface area contributed by atoms with Gasteiger partial charge in [-0.2, -0.15) is 0 Å². The molecule has 0 spiro atoms. The predicted octanol–water partition coefficient (Wildman–Crippen LogP) is 2.08. The molecule has 1 rings (SSSR count). The molecule has 0 saturated heterocycles. The van der Waals surface area contributed by atoms with Crippen molar-refractivity contribution in [2.75, 3.05) is 0 Å². The van der Waals surface area contributed by atoms with E-state index in [4.69, 9.17) is 6.42 Å². The Balaban J connectivity index is 3.20. The number of hydrogen-bond donors (Lipinski definition) is 0. The van der Waals surface area contributed by atoms with Gasteiger partial charge in [0.1, 0.15) is 0 Å². The van der Waals surface area contributed by atoms with Crippen LogP contribution in [0.25, 0.3) is 0 Å². The van der Waals surface area contributed by atoms with Crippen LogP contribution < -0.4 is 0 Å². The lowest BCUT2D eigenvalue weighted by Gasteiger charge is -1.97. The molecule has 0 unspecified atom stereocenters. The first-order chi connectivity index (χ1) is 4.74. The Morgan fingerprint density at radius 1 is 1.40 bits per heavy atom. The molecule has 0 aromatic heterocycles. The Bertz CT molecular complexity index is 277. The van der Waals surface area contributed by atoms with Crippen molar-refractivity contribution >= 4 is 0 Å². The van der Waals surface area contributed by atoms with Gasteiger partial charge >= 0.3 is 0 Å². The minimum atomic E-state index is 0.836. The summed E-state index contributed by atoms with van der Waals surface area (Å²) in [5.74, 6) is 2.54.